The molecule has 21 heavy (non-hydrogen) atoms. The third-order valence-electron chi connectivity index (χ3n) is 4.30. The summed E-state index contributed by atoms with van der Waals surface area (Å²) < 4.78 is 0. The molecule has 1 fully saturated rings. The Balaban J connectivity index is 2.17. The highest BCUT2D eigenvalue weighted by Crippen LogP contribution is 2.31. The number of nitrogens with zero attached hydrogens (tertiary/aromatic N) is 3. The van der Waals surface area contributed by atoms with E-state index in [-0.39, 0.29) is 0 Å². The van der Waals surface area contributed by atoms with E-state index in [2.05, 4.69) is 49.0 Å². The van der Waals surface area contributed by atoms with Gasteiger partial charge in [-0.05, 0) is 31.1 Å². The average Bonchev–Trinajstić information content (AvgIpc) is 2.65. The highest BCUT2D eigenvalue weighted by atomic mass is 15.2. The van der Waals surface area contributed by atoms with Crippen molar-refractivity contribution < 1.29 is 0 Å². The molecule has 2 heterocycles. The van der Waals surface area contributed by atoms with Crippen LogP contribution in [0.25, 0.3) is 0 Å². The van der Waals surface area contributed by atoms with Gasteiger partial charge in [-0.1, -0.05) is 27.7 Å². The molecule has 1 aliphatic heterocycles. The molecule has 0 radical (unpaired) electrons. The molecule has 0 amide bonds. The van der Waals surface area contributed by atoms with Crippen LogP contribution in [0.15, 0.2) is 6.07 Å². The van der Waals surface area contributed by atoms with E-state index in [9.17, 15) is 0 Å². The van der Waals surface area contributed by atoms with Gasteiger partial charge in [0, 0.05) is 32.1 Å². The standard InChI is InChI=1S/C17H30N4/c1-5-10-18-15-13-16(20-14(6-2)19-15)21-11-7-8-17(3,4)9-12-21/h13H,5-12H2,1-4H3,(H,18,19,20). The van der Waals surface area contributed by atoms with Gasteiger partial charge in [-0.25, -0.2) is 9.97 Å². The van der Waals surface area contributed by atoms with Crippen molar-refractivity contribution in [2.45, 2.75) is 59.8 Å². The Labute approximate surface area is 129 Å². The fourth-order valence-electron chi connectivity index (χ4n) is 2.80. The minimum Gasteiger partial charge on any atom is -0.370 e. The van der Waals surface area contributed by atoms with Crippen LogP contribution in [0.4, 0.5) is 11.6 Å². The zero-order valence-electron chi connectivity index (χ0n) is 14.1. The molecule has 1 N–H and O–H groups in total. The molecule has 1 aromatic rings. The average molecular weight is 290 g/mol. The first kappa shape index (κ1) is 16.1. The van der Waals surface area contributed by atoms with Crippen molar-refractivity contribution >= 4 is 11.6 Å². The van der Waals surface area contributed by atoms with Crippen molar-refractivity contribution in [2.24, 2.45) is 5.41 Å². The van der Waals surface area contributed by atoms with E-state index in [4.69, 9.17) is 4.98 Å². The maximum atomic E-state index is 4.75. The summed E-state index contributed by atoms with van der Waals surface area (Å²) in [6, 6.07) is 2.12. The Morgan fingerprint density at radius 3 is 2.71 bits per heavy atom. The molecule has 0 saturated carbocycles. The van der Waals surface area contributed by atoms with Gasteiger partial charge in [-0.2, -0.15) is 0 Å². The van der Waals surface area contributed by atoms with Crippen LogP contribution in [0.1, 0.15) is 59.2 Å². The van der Waals surface area contributed by atoms with Crippen LogP contribution in [-0.2, 0) is 6.42 Å². The molecular weight excluding hydrogens is 260 g/mol. The van der Waals surface area contributed by atoms with Crippen LogP contribution in [0.2, 0.25) is 0 Å². The highest BCUT2D eigenvalue weighted by Gasteiger charge is 2.24. The molecule has 2 rings (SSSR count). The van der Waals surface area contributed by atoms with Crippen LogP contribution < -0.4 is 10.2 Å². The second-order valence-electron chi connectivity index (χ2n) is 6.81. The minimum absolute atomic E-state index is 0.457. The first-order chi connectivity index (χ1) is 10.0. The SMILES string of the molecule is CCCNc1cc(N2CCCC(C)(C)CC2)nc(CC)n1. The monoisotopic (exact) mass is 290 g/mol. The topological polar surface area (TPSA) is 41.0 Å². The van der Waals surface area contributed by atoms with Crippen LogP contribution >= 0.6 is 0 Å². The molecule has 0 atom stereocenters. The zero-order valence-corrected chi connectivity index (χ0v) is 14.1. The van der Waals surface area contributed by atoms with E-state index in [1.807, 2.05) is 0 Å². The van der Waals surface area contributed by atoms with Gasteiger partial charge < -0.3 is 10.2 Å². The zero-order chi connectivity index (χ0) is 15.3. The molecule has 1 aliphatic rings. The molecule has 118 valence electrons. The molecule has 0 aliphatic carbocycles. The van der Waals surface area contributed by atoms with Crippen LogP contribution in [-0.4, -0.2) is 29.6 Å². The lowest BCUT2D eigenvalue weighted by Crippen LogP contribution is -2.26. The Morgan fingerprint density at radius 1 is 1.19 bits per heavy atom. The predicted molar refractivity (Wildman–Crippen MR) is 90.0 cm³/mol. The third kappa shape index (κ3) is 4.58. The molecule has 1 saturated heterocycles. The summed E-state index contributed by atoms with van der Waals surface area (Å²) in [7, 11) is 0. The minimum atomic E-state index is 0.457. The smallest absolute Gasteiger partial charge is 0.134 e. The van der Waals surface area contributed by atoms with E-state index < -0.39 is 0 Å². The Kier molecular flexibility index (Phi) is 5.43. The number of hydrogen-bond donors (Lipinski definition) is 1. The number of anilines is 2. The summed E-state index contributed by atoms with van der Waals surface area (Å²) in [6.07, 6.45) is 5.77. The normalized spacial score (nSPS) is 18.4. The van der Waals surface area contributed by atoms with E-state index in [1.54, 1.807) is 0 Å². The molecule has 0 unspecified atom stereocenters. The molecule has 1 aromatic heterocycles. The first-order valence-corrected chi connectivity index (χ1v) is 8.41. The van der Waals surface area contributed by atoms with Crippen molar-refractivity contribution in [3.05, 3.63) is 11.9 Å². The maximum absolute atomic E-state index is 4.75. The van der Waals surface area contributed by atoms with Gasteiger partial charge in [-0.15, -0.1) is 0 Å². The lowest BCUT2D eigenvalue weighted by Gasteiger charge is -2.24. The van der Waals surface area contributed by atoms with Crippen molar-refractivity contribution in [3.8, 4) is 0 Å². The van der Waals surface area contributed by atoms with Crippen LogP contribution in [0.3, 0.4) is 0 Å². The number of rotatable bonds is 5. The second-order valence-corrected chi connectivity index (χ2v) is 6.81. The van der Waals surface area contributed by atoms with E-state index in [0.717, 1.165) is 49.9 Å². The second kappa shape index (κ2) is 7.10. The van der Waals surface area contributed by atoms with Gasteiger partial charge in [0.1, 0.15) is 17.5 Å². The van der Waals surface area contributed by atoms with Crippen molar-refractivity contribution in [1.82, 2.24) is 9.97 Å². The largest absolute Gasteiger partial charge is 0.370 e. The maximum Gasteiger partial charge on any atom is 0.134 e. The van der Waals surface area contributed by atoms with Crippen molar-refractivity contribution in [2.75, 3.05) is 29.9 Å². The fraction of sp³-hybridized carbons (Fsp3) is 0.765. The van der Waals surface area contributed by atoms with Crippen LogP contribution in [0.5, 0.6) is 0 Å². The van der Waals surface area contributed by atoms with Crippen molar-refractivity contribution in [1.29, 1.82) is 0 Å². The molecule has 4 heteroatoms. The van der Waals surface area contributed by atoms with E-state index in [0.29, 0.717) is 5.41 Å². The van der Waals surface area contributed by atoms with Crippen molar-refractivity contribution in [3.63, 3.8) is 0 Å². The summed E-state index contributed by atoms with van der Waals surface area (Å²) in [5.41, 5.74) is 0.457. The molecule has 0 aromatic carbocycles. The summed E-state index contributed by atoms with van der Waals surface area (Å²) >= 11 is 0. The van der Waals surface area contributed by atoms with Gasteiger partial charge in [0.25, 0.3) is 0 Å². The Bertz CT molecular complexity index is 456. The first-order valence-electron chi connectivity index (χ1n) is 8.41. The molecule has 4 nitrogen and oxygen atoms in total. The van der Waals surface area contributed by atoms with Gasteiger partial charge in [-0.3, -0.25) is 0 Å². The fourth-order valence-corrected chi connectivity index (χ4v) is 2.80. The van der Waals surface area contributed by atoms with Gasteiger partial charge in [0.15, 0.2) is 0 Å². The van der Waals surface area contributed by atoms with Gasteiger partial charge in [0.05, 0.1) is 0 Å². The van der Waals surface area contributed by atoms with Crippen LogP contribution in [0, 0.1) is 5.41 Å². The number of hydrogen-bond acceptors (Lipinski definition) is 4. The third-order valence-corrected chi connectivity index (χ3v) is 4.30. The summed E-state index contributed by atoms with van der Waals surface area (Å²) in [6.45, 7) is 12.2. The van der Waals surface area contributed by atoms with E-state index >= 15 is 0 Å². The molecular formula is C17H30N4. The lowest BCUT2D eigenvalue weighted by atomic mass is 9.85. The van der Waals surface area contributed by atoms with Gasteiger partial charge in [0.2, 0.25) is 0 Å². The highest BCUT2D eigenvalue weighted by molar-refractivity contribution is 5.49. The number of nitrogens with one attached hydrogen (secondary N) is 1. The molecule has 0 spiro atoms. The Hall–Kier alpha value is -1.32. The Morgan fingerprint density at radius 2 is 2.00 bits per heavy atom. The predicted octanol–water partition coefficient (Wildman–Crippen LogP) is 3.88. The quantitative estimate of drug-likeness (QED) is 0.893. The van der Waals surface area contributed by atoms with E-state index in [1.165, 1.54) is 19.3 Å². The number of aromatic nitrogens is 2. The summed E-state index contributed by atoms with van der Waals surface area (Å²) in [5.74, 6) is 3.01. The lowest BCUT2D eigenvalue weighted by molar-refractivity contribution is 0.325. The number of aryl methyl sites for hydroxylation is 1. The molecule has 0 bridgehead atoms. The summed E-state index contributed by atoms with van der Waals surface area (Å²) in [4.78, 5) is 11.8. The summed E-state index contributed by atoms with van der Waals surface area (Å²) in [5, 5.41) is 3.40. The van der Waals surface area contributed by atoms with Gasteiger partial charge >= 0.3 is 0 Å².